The number of esters is 2. The van der Waals surface area contributed by atoms with Crippen LogP contribution in [0, 0.1) is 5.92 Å². The van der Waals surface area contributed by atoms with E-state index in [0.29, 0.717) is 25.3 Å². The smallest absolute Gasteiger partial charge is 0.337 e. The highest BCUT2D eigenvalue weighted by molar-refractivity contribution is 5.89. The Morgan fingerprint density at radius 1 is 1.15 bits per heavy atom. The molecule has 7 heteroatoms. The van der Waals surface area contributed by atoms with Crippen LogP contribution in [-0.4, -0.2) is 51.2 Å². The molecule has 0 bridgehead atoms. The van der Waals surface area contributed by atoms with Crippen LogP contribution in [0.3, 0.4) is 0 Å². The first kappa shape index (κ1) is 19.9. The monoisotopic (exact) mass is 363 g/mol. The van der Waals surface area contributed by atoms with Gasteiger partial charge in [0.1, 0.15) is 0 Å². The van der Waals surface area contributed by atoms with Crippen molar-refractivity contribution in [1.82, 2.24) is 5.32 Å². The average Bonchev–Trinajstić information content (AvgIpc) is 2.67. The molecule has 0 aliphatic carbocycles. The van der Waals surface area contributed by atoms with Crippen LogP contribution >= 0.6 is 0 Å². The second-order valence-corrected chi connectivity index (χ2v) is 6.42. The SMILES string of the molecule is CCOC(=O)C1CC[NH+](CC(=O)NCc2ccc(C(=O)OC)cc2)CC1. The molecule has 1 aliphatic rings. The minimum Gasteiger partial charge on any atom is -0.466 e. The van der Waals surface area contributed by atoms with Gasteiger partial charge < -0.3 is 19.7 Å². The Kier molecular flexibility index (Phi) is 7.59. The average molecular weight is 363 g/mol. The highest BCUT2D eigenvalue weighted by atomic mass is 16.5. The van der Waals surface area contributed by atoms with E-state index in [0.717, 1.165) is 31.5 Å². The molecule has 0 atom stereocenters. The number of methoxy groups -OCH3 is 1. The van der Waals surface area contributed by atoms with Gasteiger partial charge in [0.2, 0.25) is 0 Å². The molecule has 1 saturated heterocycles. The topological polar surface area (TPSA) is 86.1 Å². The molecule has 0 unspecified atom stereocenters. The number of quaternary nitrogens is 1. The second kappa shape index (κ2) is 9.91. The predicted molar refractivity (Wildman–Crippen MR) is 94.5 cm³/mol. The summed E-state index contributed by atoms with van der Waals surface area (Å²) in [5.41, 5.74) is 1.40. The lowest BCUT2D eigenvalue weighted by molar-refractivity contribution is -0.897. The van der Waals surface area contributed by atoms with Crippen molar-refractivity contribution in [3.8, 4) is 0 Å². The van der Waals surface area contributed by atoms with Gasteiger partial charge in [-0.15, -0.1) is 0 Å². The molecule has 0 saturated carbocycles. The molecule has 1 aromatic rings. The molecule has 1 aromatic carbocycles. The first-order valence-electron chi connectivity index (χ1n) is 8.97. The number of rotatable bonds is 7. The Hall–Kier alpha value is -2.41. The summed E-state index contributed by atoms with van der Waals surface area (Å²) in [7, 11) is 1.34. The van der Waals surface area contributed by atoms with Crippen LogP contribution < -0.4 is 10.2 Å². The first-order chi connectivity index (χ1) is 12.5. The quantitative estimate of drug-likeness (QED) is 0.664. The van der Waals surface area contributed by atoms with Crippen LogP contribution in [0.15, 0.2) is 24.3 Å². The molecule has 1 amide bonds. The number of nitrogens with one attached hydrogen (secondary N) is 2. The summed E-state index contributed by atoms with van der Waals surface area (Å²) in [5.74, 6) is -0.552. The van der Waals surface area contributed by atoms with Crippen LogP contribution in [-0.2, 0) is 25.6 Å². The van der Waals surface area contributed by atoms with E-state index in [-0.39, 0.29) is 23.8 Å². The number of piperidine rings is 1. The van der Waals surface area contributed by atoms with E-state index in [4.69, 9.17) is 4.74 Å². The molecule has 0 radical (unpaired) electrons. The molecule has 26 heavy (non-hydrogen) atoms. The minimum atomic E-state index is -0.379. The van der Waals surface area contributed by atoms with E-state index in [1.165, 1.54) is 12.0 Å². The van der Waals surface area contributed by atoms with Crippen molar-refractivity contribution >= 4 is 17.8 Å². The molecule has 0 spiro atoms. The summed E-state index contributed by atoms with van der Waals surface area (Å²) in [6.45, 7) is 4.63. The Morgan fingerprint density at radius 3 is 2.38 bits per heavy atom. The molecule has 1 aliphatic heterocycles. The molecule has 142 valence electrons. The van der Waals surface area contributed by atoms with E-state index >= 15 is 0 Å². The summed E-state index contributed by atoms with van der Waals surface area (Å²) in [4.78, 5) is 36.4. The zero-order chi connectivity index (χ0) is 18.9. The summed E-state index contributed by atoms with van der Waals surface area (Å²) in [6.07, 6.45) is 1.52. The normalized spacial score (nSPS) is 19.5. The lowest BCUT2D eigenvalue weighted by Crippen LogP contribution is -3.14. The van der Waals surface area contributed by atoms with Gasteiger partial charge in [0.05, 0.1) is 38.3 Å². The summed E-state index contributed by atoms with van der Waals surface area (Å²) in [6, 6.07) is 6.95. The standard InChI is InChI=1S/C19H26N2O5/c1-3-26-19(24)16-8-10-21(11-9-16)13-17(22)20-12-14-4-6-15(7-5-14)18(23)25-2/h4-7,16H,3,8-13H2,1-2H3,(H,20,22)/p+1. The van der Waals surface area contributed by atoms with Crippen LogP contribution in [0.4, 0.5) is 0 Å². The van der Waals surface area contributed by atoms with E-state index in [1.54, 1.807) is 24.3 Å². The van der Waals surface area contributed by atoms with Gasteiger partial charge in [-0.1, -0.05) is 12.1 Å². The maximum Gasteiger partial charge on any atom is 0.337 e. The number of likely N-dealkylation sites (tertiary alicyclic amines) is 1. The van der Waals surface area contributed by atoms with Gasteiger partial charge in [-0.25, -0.2) is 4.79 Å². The fraction of sp³-hybridized carbons (Fsp3) is 0.526. The highest BCUT2D eigenvalue weighted by Crippen LogP contribution is 2.11. The van der Waals surface area contributed by atoms with Crippen molar-refractivity contribution in [2.24, 2.45) is 5.92 Å². The van der Waals surface area contributed by atoms with Crippen LogP contribution in [0.2, 0.25) is 0 Å². The number of amides is 1. The third-order valence-electron chi connectivity index (χ3n) is 4.59. The number of carbonyl (C=O) groups excluding carboxylic acids is 3. The lowest BCUT2D eigenvalue weighted by atomic mass is 9.97. The van der Waals surface area contributed by atoms with Crippen molar-refractivity contribution in [3.63, 3.8) is 0 Å². The Morgan fingerprint density at radius 2 is 1.81 bits per heavy atom. The number of ether oxygens (including phenoxy) is 2. The Bertz CT molecular complexity index is 621. The van der Waals surface area contributed by atoms with Crippen molar-refractivity contribution in [2.45, 2.75) is 26.3 Å². The number of hydrogen-bond donors (Lipinski definition) is 2. The van der Waals surface area contributed by atoms with Crippen molar-refractivity contribution in [2.75, 3.05) is 33.4 Å². The molecular formula is C19H27N2O5+. The molecule has 1 fully saturated rings. The predicted octanol–water partition coefficient (Wildman–Crippen LogP) is -0.0526. The largest absolute Gasteiger partial charge is 0.466 e. The van der Waals surface area contributed by atoms with Crippen molar-refractivity contribution in [3.05, 3.63) is 35.4 Å². The van der Waals surface area contributed by atoms with E-state index in [1.807, 2.05) is 6.92 Å². The van der Waals surface area contributed by atoms with Gasteiger partial charge in [0.15, 0.2) is 6.54 Å². The lowest BCUT2D eigenvalue weighted by Gasteiger charge is -2.27. The van der Waals surface area contributed by atoms with Gasteiger partial charge in [0.25, 0.3) is 5.91 Å². The zero-order valence-electron chi connectivity index (χ0n) is 15.4. The van der Waals surface area contributed by atoms with E-state index < -0.39 is 0 Å². The molecule has 7 nitrogen and oxygen atoms in total. The van der Waals surface area contributed by atoms with E-state index in [2.05, 4.69) is 10.1 Å². The van der Waals surface area contributed by atoms with Crippen LogP contribution in [0.1, 0.15) is 35.7 Å². The molecular weight excluding hydrogens is 336 g/mol. The van der Waals surface area contributed by atoms with Gasteiger partial charge in [0, 0.05) is 19.4 Å². The molecule has 1 heterocycles. The summed E-state index contributed by atoms with van der Waals surface area (Å²) in [5, 5.41) is 2.90. The molecule has 0 aromatic heterocycles. The Balaban J connectivity index is 1.71. The third-order valence-corrected chi connectivity index (χ3v) is 4.59. The number of benzene rings is 1. The fourth-order valence-corrected chi connectivity index (χ4v) is 3.07. The van der Waals surface area contributed by atoms with Gasteiger partial charge in [-0.05, 0) is 24.6 Å². The van der Waals surface area contributed by atoms with Crippen molar-refractivity contribution in [1.29, 1.82) is 0 Å². The maximum absolute atomic E-state index is 12.1. The number of carbonyl (C=O) groups is 3. The van der Waals surface area contributed by atoms with E-state index in [9.17, 15) is 14.4 Å². The Labute approximate surface area is 153 Å². The zero-order valence-corrected chi connectivity index (χ0v) is 15.4. The molecule has 2 rings (SSSR count). The molecule has 2 N–H and O–H groups in total. The summed E-state index contributed by atoms with van der Waals surface area (Å²) >= 11 is 0. The minimum absolute atomic E-state index is 0.0216. The number of hydrogen-bond acceptors (Lipinski definition) is 5. The van der Waals surface area contributed by atoms with Crippen LogP contribution in [0.25, 0.3) is 0 Å². The second-order valence-electron chi connectivity index (χ2n) is 6.42. The van der Waals surface area contributed by atoms with Crippen LogP contribution in [0.5, 0.6) is 0 Å². The highest BCUT2D eigenvalue weighted by Gasteiger charge is 2.29. The maximum atomic E-state index is 12.1. The fourth-order valence-electron chi connectivity index (χ4n) is 3.07. The van der Waals surface area contributed by atoms with Gasteiger partial charge in [-0.3, -0.25) is 9.59 Å². The third kappa shape index (κ3) is 5.84. The van der Waals surface area contributed by atoms with Crippen molar-refractivity contribution < 1.29 is 28.8 Å². The van der Waals surface area contributed by atoms with Gasteiger partial charge in [-0.2, -0.15) is 0 Å². The van der Waals surface area contributed by atoms with Gasteiger partial charge >= 0.3 is 11.9 Å². The first-order valence-corrected chi connectivity index (χ1v) is 8.97. The summed E-state index contributed by atoms with van der Waals surface area (Å²) < 4.78 is 9.71.